The summed E-state index contributed by atoms with van der Waals surface area (Å²) in [7, 11) is 1.04. The normalized spacial score (nSPS) is 10.6. The number of nitrogens with zero attached hydrogens (tertiary/aromatic N) is 1. The zero-order chi connectivity index (χ0) is 9.90. The summed E-state index contributed by atoms with van der Waals surface area (Å²) in [6.07, 6.45) is 0. The maximum Gasteiger partial charge on any atom is 0.326 e. The second-order valence-corrected chi connectivity index (χ2v) is 3.49. The van der Waals surface area contributed by atoms with Crippen molar-refractivity contribution in [1.29, 1.82) is 5.26 Å². The smallest absolute Gasteiger partial charge is 0.326 e. The number of hydrogen-bond donors (Lipinski definition) is 1. The van der Waals surface area contributed by atoms with Crippen molar-refractivity contribution in [2.24, 2.45) is 0 Å². The van der Waals surface area contributed by atoms with Crippen LogP contribution in [0.25, 0.3) is 0 Å². The van der Waals surface area contributed by atoms with Crippen LogP contribution in [0.15, 0.2) is 24.3 Å². The summed E-state index contributed by atoms with van der Waals surface area (Å²) in [4.78, 5) is 0. The third-order valence-electron chi connectivity index (χ3n) is 2.06. The molecular formula is C10H11BNO. The molecule has 1 aromatic carbocycles. The fraction of sp³-hybridized carbons (Fsp3) is 0.300. The van der Waals surface area contributed by atoms with Crippen LogP contribution in [0.1, 0.15) is 19.4 Å². The average molecular weight is 172 g/mol. The van der Waals surface area contributed by atoms with Gasteiger partial charge in [0.2, 0.25) is 0 Å². The molecule has 0 unspecified atom stereocenters. The Morgan fingerprint density at radius 1 is 1.31 bits per heavy atom. The van der Waals surface area contributed by atoms with Crippen molar-refractivity contribution in [3.63, 3.8) is 0 Å². The highest BCUT2D eigenvalue weighted by Crippen LogP contribution is 2.20. The summed E-state index contributed by atoms with van der Waals surface area (Å²) in [6.45, 7) is 3.73. The predicted octanol–water partition coefficient (Wildman–Crippen LogP) is 0.725. The van der Waals surface area contributed by atoms with Gasteiger partial charge in [0.1, 0.15) is 0 Å². The lowest BCUT2D eigenvalue weighted by molar-refractivity contribution is 0.615. The van der Waals surface area contributed by atoms with Gasteiger partial charge in [0.25, 0.3) is 0 Å². The van der Waals surface area contributed by atoms with Crippen molar-refractivity contribution in [2.45, 2.75) is 19.3 Å². The van der Waals surface area contributed by atoms with E-state index < -0.39 is 5.41 Å². The predicted molar refractivity (Wildman–Crippen MR) is 52.7 cm³/mol. The fourth-order valence-corrected chi connectivity index (χ4v) is 1.05. The van der Waals surface area contributed by atoms with Crippen LogP contribution in [0, 0.1) is 11.3 Å². The van der Waals surface area contributed by atoms with Gasteiger partial charge in [-0.3, -0.25) is 0 Å². The molecule has 1 radical (unpaired) electrons. The third kappa shape index (κ3) is 2.10. The molecule has 65 valence electrons. The molecule has 0 saturated heterocycles. The van der Waals surface area contributed by atoms with Crippen molar-refractivity contribution in [2.75, 3.05) is 0 Å². The lowest BCUT2D eigenvalue weighted by Crippen LogP contribution is -2.17. The lowest BCUT2D eigenvalue weighted by Gasteiger charge is -2.15. The van der Waals surface area contributed by atoms with E-state index in [1.807, 2.05) is 26.0 Å². The standard InChI is InChI=1S/C10H11BNO/c1-10(2,7-12)8-3-5-9(11-13)6-4-8/h3-6,13H,1-2H3. The SMILES string of the molecule is CC(C)(C#N)c1ccc([B]O)cc1. The second kappa shape index (κ2) is 3.63. The number of hydrogen-bond acceptors (Lipinski definition) is 2. The molecule has 1 N–H and O–H groups in total. The van der Waals surface area contributed by atoms with Gasteiger partial charge < -0.3 is 5.02 Å². The average Bonchev–Trinajstić information content (AvgIpc) is 2.18. The molecule has 3 heteroatoms. The molecule has 0 atom stereocenters. The first-order valence-corrected chi connectivity index (χ1v) is 4.09. The molecule has 0 bridgehead atoms. The Kier molecular flexibility index (Phi) is 2.74. The summed E-state index contributed by atoms with van der Waals surface area (Å²) in [5.74, 6) is 0. The van der Waals surface area contributed by atoms with Crippen LogP contribution < -0.4 is 5.46 Å². The van der Waals surface area contributed by atoms with Gasteiger partial charge in [0.05, 0.1) is 11.5 Å². The highest BCUT2D eigenvalue weighted by atomic mass is 16.2. The first-order valence-electron chi connectivity index (χ1n) is 4.09. The zero-order valence-electron chi connectivity index (χ0n) is 7.78. The van der Waals surface area contributed by atoms with E-state index >= 15 is 0 Å². The van der Waals surface area contributed by atoms with Crippen LogP contribution in [0.5, 0.6) is 0 Å². The van der Waals surface area contributed by atoms with E-state index in [1.54, 1.807) is 12.1 Å². The maximum absolute atomic E-state index is 8.87. The minimum atomic E-state index is -0.464. The topological polar surface area (TPSA) is 44.0 Å². The van der Waals surface area contributed by atoms with Crippen LogP contribution in [0.2, 0.25) is 0 Å². The number of nitriles is 1. The van der Waals surface area contributed by atoms with Gasteiger partial charge in [0, 0.05) is 0 Å². The largest absolute Gasteiger partial charge is 0.450 e. The van der Waals surface area contributed by atoms with E-state index in [9.17, 15) is 0 Å². The molecule has 13 heavy (non-hydrogen) atoms. The number of rotatable bonds is 2. The Bertz CT molecular complexity index is 324. The molecule has 2 nitrogen and oxygen atoms in total. The van der Waals surface area contributed by atoms with E-state index in [0.717, 1.165) is 18.5 Å². The number of benzene rings is 1. The third-order valence-corrected chi connectivity index (χ3v) is 2.06. The van der Waals surface area contributed by atoms with Crippen molar-refractivity contribution < 1.29 is 5.02 Å². The molecule has 0 saturated carbocycles. The van der Waals surface area contributed by atoms with Crippen LogP contribution >= 0.6 is 0 Å². The van der Waals surface area contributed by atoms with Gasteiger partial charge in [-0.05, 0) is 19.4 Å². The molecule has 1 aromatic rings. The van der Waals surface area contributed by atoms with Crippen molar-refractivity contribution in [3.8, 4) is 6.07 Å². The summed E-state index contributed by atoms with van der Waals surface area (Å²) in [5, 5.41) is 17.6. The monoisotopic (exact) mass is 172 g/mol. The Labute approximate surface area is 79.1 Å². The maximum atomic E-state index is 8.87. The fourth-order valence-electron chi connectivity index (χ4n) is 1.05. The molecule has 0 aliphatic rings. The Balaban J connectivity index is 3.00. The van der Waals surface area contributed by atoms with Gasteiger partial charge in [-0.15, -0.1) is 0 Å². The first kappa shape index (κ1) is 9.82. The van der Waals surface area contributed by atoms with Gasteiger partial charge in [-0.2, -0.15) is 5.26 Å². The van der Waals surface area contributed by atoms with Crippen LogP contribution in [-0.4, -0.2) is 12.5 Å². The van der Waals surface area contributed by atoms with E-state index in [0.29, 0.717) is 0 Å². The molecule has 0 aliphatic carbocycles. The van der Waals surface area contributed by atoms with Gasteiger partial charge in [-0.25, -0.2) is 0 Å². The Morgan fingerprint density at radius 2 is 1.85 bits per heavy atom. The lowest BCUT2D eigenvalue weighted by atomic mass is 9.82. The van der Waals surface area contributed by atoms with E-state index in [1.165, 1.54) is 0 Å². The molecule has 0 heterocycles. The minimum Gasteiger partial charge on any atom is -0.450 e. The highest BCUT2D eigenvalue weighted by Gasteiger charge is 2.18. The van der Waals surface area contributed by atoms with Gasteiger partial charge >= 0.3 is 7.48 Å². The van der Waals surface area contributed by atoms with Crippen molar-refractivity contribution >= 4 is 12.9 Å². The van der Waals surface area contributed by atoms with Crippen LogP contribution in [-0.2, 0) is 5.41 Å². The highest BCUT2D eigenvalue weighted by molar-refractivity contribution is 6.45. The second-order valence-electron chi connectivity index (χ2n) is 3.49. The summed E-state index contributed by atoms with van der Waals surface area (Å²) < 4.78 is 0. The Morgan fingerprint density at radius 3 is 2.23 bits per heavy atom. The van der Waals surface area contributed by atoms with E-state index in [4.69, 9.17) is 10.3 Å². The van der Waals surface area contributed by atoms with E-state index in [2.05, 4.69) is 6.07 Å². The molecule has 0 fully saturated rings. The summed E-state index contributed by atoms with van der Waals surface area (Å²) >= 11 is 0. The minimum absolute atomic E-state index is 0.464. The molecule has 0 aliphatic heterocycles. The summed E-state index contributed by atoms with van der Waals surface area (Å²) in [5.41, 5.74) is 1.24. The van der Waals surface area contributed by atoms with Crippen LogP contribution in [0.4, 0.5) is 0 Å². The van der Waals surface area contributed by atoms with Crippen molar-refractivity contribution in [1.82, 2.24) is 0 Å². The molecule has 1 rings (SSSR count). The Hall–Kier alpha value is -1.27. The molecule has 0 spiro atoms. The summed E-state index contributed by atoms with van der Waals surface area (Å²) in [6, 6.07) is 9.50. The van der Waals surface area contributed by atoms with Crippen LogP contribution in [0.3, 0.4) is 0 Å². The van der Waals surface area contributed by atoms with Gasteiger partial charge in [-0.1, -0.05) is 29.7 Å². The van der Waals surface area contributed by atoms with E-state index in [-0.39, 0.29) is 0 Å². The molecule has 0 amide bonds. The molecular weight excluding hydrogens is 161 g/mol. The molecule has 0 aromatic heterocycles. The van der Waals surface area contributed by atoms with Gasteiger partial charge in [0.15, 0.2) is 0 Å². The quantitative estimate of drug-likeness (QED) is 0.668. The zero-order valence-corrected chi connectivity index (χ0v) is 7.78. The first-order chi connectivity index (χ1) is 6.10. The van der Waals surface area contributed by atoms with Crippen molar-refractivity contribution in [3.05, 3.63) is 29.8 Å².